The lowest BCUT2D eigenvalue weighted by Gasteiger charge is -2.30. The quantitative estimate of drug-likeness (QED) is 0.832. The number of aromatic nitrogens is 1. The van der Waals surface area contributed by atoms with Gasteiger partial charge >= 0.3 is 0 Å². The summed E-state index contributed by atoms with van der Waals surface area (Å²) in [6, 6.07) is 1.92. The summed E-state index contributed by atoms with van der Waals surface area (Å²) in [7, 11) is 0. The Balaban J connectivity index is 1.90. The van der Waals surface area contributed by atoms with Crippen molar-refractivity contribution in [2.24, 2.45) is 11.8 Å². The Hall–Kier alpha value is -0.470. The van der Waals surface area contributed by atoms with Crippen molar-refractivity contribution < 1.29 is 0 Å². The fourth-order valence-electron chi connectivity index (χ4n) is 2.52. The molecule has 1 N–H and O–H groups in total. The average Bonchev–Trinajstić information content (AvgIpc) is 2.38. The van der Waals surface area contributed by atoms with E-state index in [4.69, 9.17) is 23.2 Å². The summed E-state index contributed by atoms with van der Waals surface area (Å²) >= 11 is 12.1. The molecular weight excluding hydrogens is 255 g/mol. The molecular formula is C13H18Cl2N2. The van der Waals surface area contributed by atoms with Gasteiger partial charge in [0, 0.05) is 24.8 Å². The highest BCUT2D eigenvalue weighted by molar-refractivity contribution is 6.33. The first-order chi connectivity index (χ1) is 8.31. The molecule has 4 heteroatoms. The van der Waals surface area contributed by atoms with E-state index in [1.165, 1.54) is 25.7 Å². The van der Waals surface area contributed by atoms with Crippen molar-refractivity contribution in [2.45, 2.75) is 25.7 Å². The van der Waals surface area contributed by atoms with Crippen LogP contribution < -0.4 is 5.32 Å². The molecule has 94 valence electrons. The highest BCUT2D eigenvalue weighted by Gasteiger charge is 2.24. The molecule has 1 aliphatic rings. The minimum Gasteiger partial charge on any atom is -0.383 e. The standard InChI is InChI=1S/C13H18Cl2N2/c14-7-10-3-1-2-4-11(10)8-17-13-5-6-16-9-12(13)15/h5-6,9-11H,1-4,7-8H2,(H,16,17). The first-order valence-electron chi connectivity index (χ1n) is 6.20. The van der Waals surface area contributed by atoms with Crippen LogP contribution in [-0.2, 0) is 0 Å². The van der Waals surface area contributed by atoms with Gasteiger partial charge in [0.25, 0.3) is 0 Å². The van der Waals surface area contributed by atoms with Crippen LogP contribution in [0.1, 0.15) is 25.7 Å². The van der Waals surface area contributed by atoms with Gasteiger partial charge in [0.15, 0.2) is 0 Å². The van der Waals surface area contributed by atoms with Crippen LogP contribution in [-0.4, -0.2) is 17.4 Å². The number of hydrogen-bond donors (Lipinski definition) is 1. The van der Waals surface area contributed by atoms with Crippen LogP contribution in [0.2, 0.25) is 5.02 Å². The fraction of sp³-hybridized carbons (Fsp3) is 0.615. The molecule has 0 spiro atoms. The second-order valence-corrected chi connectivity index (χ2v) is 5.41. The average molecular weight is 273 g/mol. The molecule has 1 aromatic rings. The molecule has 1 heterocycles. The van der Waals surface area contributed by atoms with Gasteiger partial charge in [-0.3, -0.25) is 4.98 Å². The van der Waals surface area contributed by atoms with Crippen LogP contribution in [0.4, 0.5) is 5.69 Å². The lowest BCUT2D eigenvalue weighted by Crippen LogP contribution is -2.27. The molecule has 0 aromatic carbocycles. The molecule has 2 unspecified atom stereocenters. The lowest BCUT2D eigenvalue weighted by molar-refractivity contribution is 0.272. The summed E-state index contributed by atoms with van der Waals surface area (Å²) in [5.74, 6) is 2.10. The number of anilines is 1. The summed E-state index contributed by atoms with van der Waals surface area (Å²) in [4.78, 5) is 3.98. The minimum absolute atomic E-state index is 0.651. The third-order valence-electron chi connectivity index (χ3n) is 3.59. The van der Waals surface area contributed by atoms with Crippen molar-refractivity contribution in [1.82, 2.24) is 4.98 Å². The maximum Gasteiger partial charge on any atom is 0.0820 e. The number of hydrogen-bond acceptors (Lipinski definition) is 2. The van der Waals surface area contributed by atoms with Gasteiger partial charge in [0.05, 0.1) is 10.7 Å². The van der Waals surface area contributed by atoms with Gasteiger partial charge in [-0.1, -0.05) is 24.4 Å². The maximum atomic E-state index is 6.06. The Morgan fingerprint density at radius 3 is 2.76 bits per heavy atom. The van der Waals surface area contributed by atoms with Crippen molar-refractivity contribution >= 4 is 28.9 Å². The van der Waals surface area contributed by atoms with Crippen molar-refractivity contribution in [3.8, 4) is 0 Å². The van der Waals surface area contributed by atoms with Gasteiger partial charge in [0.1, 0.15) is 0 Å². The minimum atomic E-state index is 0.651. The van der Waals surface area contributed by atoms with Crippen LogP contribution in [0.3, 0.4) is 0 Å². The van der Waals surface area contributed by atoms with E-state index >= 15 is 0 Å². The van der Waals surface area contributed by atoms with Crippen LogP contribution in [0.5, 0.6) is 0 Å². The van der Waals surface area contributed by atoms with Gasteiger partial charge in [0.2, 0.25) is 0 Å². The van der Waals surface area contributed by atoms with Crippen LogP contribution >= 0.6 is 23.2 Å². The normalized spacial score (nSPS) is 24.6. The summed E-state index contributed by atoms with van der Waals surface area (Å²) < 4.78 is 0. The number of halogens is 2. The Bertz CT molecular complexity index is 357. The van der Waals surface area contributed by atoms with Crippen molar-refractivity contribution in [3.63, 3.8) is 0 Å². The fourth-order valence-corrected chi connectivity index (χ4v) is 3.11. The van der Waals surface area contributed by atoms with E-state index in [9.17, 15) is 0 Å². The molecule has 2 atom stereocenters. The molecule has 0 aliphatic heterocycles. The zero-order valence-electron chi connectivity index (χ0n) is 9.83. The number of nitrogens with zero attached hydrogens (tertiary/aromatic N) is 1. The molecule has 1 aliphatic carbocycles. The molecule has 2 rings (SSSR count). The molecule has 0 saturated heterocycles. The van der Waals surface area contributed by atoms with Gasteiger partial charge in [-0.15, -0.1) is 11.6 Å². The van der Waals surface area contributed by atoms with Crippen molar-refractivity contribution in [3.05, 3.63) is 23.5 Å². The largest absolute Gasteiger partial charge is 0.383 e. The zero-order chi connectivity index (χ0) is 12.1. The van der Waals surface area contributed by atoms with E-state index in [0.29, 0.717) is 16.9 Å². The number of nitrogens with one attached hydrogen (secondary N) is 1. The van der Waals surface area contributed by atoms with Crippen LogP contribution in [0, 0.1) is 11.8 Å². The topological polar surface area (TPSA) is 24.9 Å². The summed E-state index contributed by atoms with van der Waals surface area (Å²) in [5.41, 5.74) is 0.973. The molecule has 17 heavy (non-hydrogen) atoms. The smallest absolute Gasteiger partial charge is 0.0820 e. The van der Waals surface area contributed by atoms with Crippen molar-refractivity contribution in [2.75, 3.05) is 17.7 Å². The molecule has 0 bridgehead atoms. The van der Waals surface area contributed by atoms with Gasteiger partial charge in [-0.05, 0) is 30.7 Å². The third-order valence-corrected chi connectivity index (χ3v) is 4.29. The lowest BCUT2D eigenvalue weighted by atomic mass is 9.80. The first-order valence-corrected chi connectivity index (χ1v) is 7.12. The Labute approximate surface area is 113 Å². The van der Waals surface area contributed by atoms with E-state index in [1.807, 2.05) is 6.07 Å². The van der Waals surface area contributed by atoms with Crippen molar-refractivity contribution in [1.29, 1.82) is 0 Å². The summed E-state index contributed by atoms with van der Waals surface area (Å²) in [5, 5.41) is 4.10. The summed E-state index contributed by atoms with van der Waals surface area (Å²) in [6.07, 6.45) is 8.61. The SMILES string of the molecule is ClCC1CCCCC1CNc1ccncc1Cl. The van der Waals surface area contributed by atoms with Gasteiger partial charge in [-0.2, -0.15) is 0 Å². The van der Waals surface area contributed by atoms with E-state index in [0.717, 1.165) is 18.1 Å². The number of pyridine rings is 1. The Kier molecular flexibility index (Phi) is 4.93. The van der Waals surface area contributed by atoms with Gasteiger partial charge < -0.3 is 5.32 Å². The molecule has 2 nitrogen and oxygen atoms in total. The molecule has 1 fully saturated rings. The predicted molar refractivity (Wildman–Crippen MR) is 73.9 cm³/mol. The first kappa shape index (κ1) is 13.0. The Morgan fingerprint density at radius 2 is 2.06 bits per heavy atom. The second kappa shape index (κ2) is 6.46. The predicted octanol–water partition coefficient (Wildman–Crippen LogP) is 4.19. The Morgan fingerprint density at radius 1 is 1.29 bits per heavy atom. The van der Waals surface area contributed by atoms with E-state index in [2.05, 4.69) is 10.3 Å². The van der Waals surface area contributed by atoms with Crippen LogP contribution in [0.15, 0.2) is 18.5 Å². The van der Waals surface area contributed by atoms with E-state index in [-0.39, 0.29) is 0 Å². The monoisotopic (exact) mass is 272 g/mol. The molecule has 0 radical (unpaired) electrons. The number of rotatable bonds is 4. The zero-order valence-corrected chi connectivity index (χ0v) is 11.3. The third kappa shape index (κ3) is 3.49. The highest BCUT2D eigenvalue weighted by Crippen LogP contribution is 2.31. The van der Waals surface area contributed by atoms with Crippen LogP contribution in [0.25, 0.3) is 0 Å². The molecule has 1 aromatic heterocycles. The van der Waals surface area contributed by atoms with Gasteiger partial charge in [-0.25, -0.2) is 0 Å². The maximum absolute atomic E-state index is 6.06. The molecule has 1 saturated carbocycles. The van der Waals surface area contributed by atoms with E-state index < -0.39 is 0 Å². The molecule has 0 amide bonds. The summed E-state index contributed by atoms with van der Waals surface area (Å²) in [6.45, 7) is 0.959. The second-order valence-electron chi connectivity index (χ2n) is 4.70. The number of alkyl halides is 1. The van der Waals surface area contributed by atoms with E-state index in [1.54, 1.807) is 12.4 Å². The highest BCUT2D eigenvalue weighted by atomic mass is 35.5.